The molecule has 0 radical (unpaired) electrons. The lowest BCUT2D eigenvalue weighted by atomic mass is 9.93. The Balaban J connectivity index is 1.81. The number of aromatic nitrogens is 2. The first-order chi connectivity index (χ1) is 13.5. The largest absolute Gasteiger partial charge is 0.475 e. The third kappa shape index (κ3) is 5.08. The van der Waals surface area contributed by atoms with Crippen molar-refractivity contribution < 1.29 is 14.3 Å². The Morgan fingerprint density at radius 3 is 2.62 bits per heavy atom. The van der Waals surface area contributed by atoms with E-state index in [1.807, 2.05) is 34.6 Å². The van der Waals surface area contributed by atoms with E-state index >= 15 is 0 Å². The summed E-state index contributed by atoms with van der Waals surface area (Å²) in [6, 6.07) is 1.71. The van der Waals surface area contributed by atoms with E-state index in [9.17, 15) is 4.79 Å². The second-order valence-corrected chi connectivity index (χ2v) is 9.42. The average molecular weight is 421 g/mol. The molecule has 0 saturated carbocycles. The fourth-order valence-electron chi connectivity index (χ4n) is 3.46. The number of carbonyl (C=O) groups is 1. The molecule has 2 N–H and O–H groups in total. The predicted octanol–water partition coefficient (Wildman–Crippen LogP) is 4.26. The Hall–Kier alpha value is -2.12. The zero-order valence-corrected chi connectivity index (χ0v) is 18.4. The number of nitrogens with two attached hydrogens (primary N) is 1. The third-order valence-corrected chi connectivity index (χ3v) is 5.02. The molecule has 7 nitrogen and oxygen atoms in total. The van der Waals surface area contributed by atoms with E-state index in [2.05, 4.69) is 9.97 Å². The summed E-state index contributed by atoms with van der Waals surface area (Å²) in [5.41, 5.74) is 6.04. The molecule has 1 fully saturated rings. The predicted molar refractivity (Wildman–Crippen MR) is 113 cm³/mol. The van der Waals surface area contributed by atoms with Gasteiger partial charge in [-0.2, -0.15) is 0 Å². The van der Waals surface area contributed by atoms with Gasteiger partial charge >= 0.3 is 6.09 Å². The van der Waals surface area contributed by atoms with Crippen LogP contribution < -0.4 is 10.5 Å². The van der Waals surface area contributed by atoms with Crippen molar-refractivity contribution in [3.8, 4) is 5.88 Å². The molecule has 1 amide bonds. The van der Waals surface area contributed by atoms with Gasteiger partial charge in [-0.3, -0.25) is 0 Å². The van der Waals surface area contributed by atoms with Crippen LogP contribution in [0.4, 0.5) is 4.79 Å². The average Bonchev–Trinajstić information content (AvgIpc) is 3.05. The highest BCUT2D eigenvalue weighted by atomic mass is 35.5. The van der Waals surface area contributed by atoms with Crippen LogP contribution in [0.15, 0.2) is 18.5 Å². The molecule has 1 aliphatic heterocycles. The highest BCUT2D eigenvalue weighted by Crippen LogP contribution is 2.32. The standard InChI is InChI=1S/C21H29ClN4O3/c1-20(2,3)29-19(27)26-8-6-7-13(26)12-28-18-15-10-24-17(22)9-14(15)16(11-25-18)21(4,5)23/h9-11,13H,6-8,12,23H2,1-5H3. The maximum absolute atomic E-state index is 12.5. The third-order valence-electron chi connectivity index (χ3n) is 4.81. The first-order valence-electron chi connectivity index (χ1n) is 9.82. The Morgan fingerprint density at radius 1 is 1.24 bits per heavy atom. The summed E-state index contributed by atoms with van der Waals surface area (Å²) in [4.78, 5) is 22.9. The minimum atomic E-state index is -0.590. The van der Waals surface area contributed by atoms with E-state index in [0.717, 1.165) is 29.2 Å². The molecule has 3 rings (SSSR count). The van der Waals surface area contributed by atoms with Gasteiger partial charge in [0.1, 0.15) is 17.4 Å². The van der Waals surface area contributed by atoms with E-state index < -0.39 is 11.1 Å². The first-order valence-corrected chi connectivity index (χ1v) is 10.2. The van der Waals surface area contributed by atoms with Crippen LogP contribution in [0.25, 0.3) is 10.8 Å². The fourth-order valence-corrected chi connectivity index (χ4v) is 3.62. The number of hydrogen-bond donors (Lipinski definition) is 1. The summed E-state index contributed by atoms with van der Waals surface area (Å²) in [6.07, 6.45) is 4.83. The van der Waals surface area contributed by atoms with Gasteiger partial charge in [0.15, 0.2) is 0 Å². The zero-order valence-electron chi connectivity index (χ0n) is 17.7. The molecule has 0 bridgehead atoms. The van der Waals surface area contributed by atoms with Gasteiger partial charge in [-0.1, -0.05) is 11.6 Å². The second kappa shape index (κ2) is 7.95. The van der Waals surface area contributed by atoms with Gasteiger partial charge in [0.05, 0.1) is 11.4 Å². The lowest BCUT2D eigenvalue weighted by Crippen LogP contribution is -2.42. The van der Waals surface area contributed by atoms with Crippen LogP contribution in [0.5, 0.6) is 5.88 Å². The van der Waals surface area contributed by atoms with Crippen molar-refractivity contribution in [2.75, 3.05) is 13.2 Å². The summed E-state index contributed by atoms with van der Waals surface area (Å²) in [5.74, 6) is 0.452. The molecule has 1 aliphatic rings. The van der Waals surface area contributed by atoms with E-state index in [-0.39, 0.29) is 12.1 Å². The monoisotopic (exact) mass is 420 g/mol. The van der Waals surface area contributed by atoms with Crippen molar-refractivity contribution >= 4 is 28.5 Å². The van der Waals surface area contributed by atoms with Crippen molar-refractivity contribution in [2.24, 2.45) is 5.73 Å². The van der Waals surface area contributed by atoms with Gasteiger partial charge in [-0.05, 0) is 64.5 Å². The van der Waals surface area contributed by atoms with E-state index in [1.165, 1.54) is 0 Å². The molecule has 2 aromatic rings. The summed E-state index contributed by atoms with van der Waals surface area (Å²) < 4.78 is 11.6. The molecule has 0 spiro atoms. The SMILES string of the molecule is CC(C)(C)OC(=O)N1CCCC1COc1ncc(C(C)(C)N)c2cc(Cl)ncc12. The van der Waals surface area contributed by atoms with Gasteiger partial charge < -0.3 is 20.1 Å². The number of hydrogen-bond acceptors (Lipinski definition) is 6. The van der Waals surface area contributed by atoms with Crippen LogP contribution in [0.1, 0.15) is 53.0 Å². The van der Waals surface area contributed by atoms with E-state index in [0.29, 0.717) is 24.2 Å². The van der Waals surface area contributed by atoms with Crippen LogP contribution in [-0.2, 0) is 10.3 Å². The Kier molecular flexibility index (Phi) is 5.92. The molecule has 0 aromatic carbocycles. The van der Waals surface area contributed by atoms with Crippen LogP contribution >= 0.6 is 11.6 Å². The van der Waals surface area contributed by atoms with Gasteiger partial charge in [0.2, 0.25) is 5.88 Å². The molecule has 1 atom stereocenters. The number of rotatable bonds is 4. The lowest BCUT2D eigenvalue weighted by molar-refractivity contribution is 0.0186. The van der Waals surface area contributed by atoms with Gasteiger partial charge in [0, 0.05) is 24.5 Å². The number of pyridine rings is 2. The van der Waals surface area contributed by atoms with E-state index in [1.54, 1.807) is 23.4 Å². The highest BCUT2D eigenvalue weighted by molar-refractivity contribution is 6.30. The van der Waals surface area contributed by atoms with Crippen LogP contribution in [-0.4, -0.2) is 45.8 Å². The summed E-state index contributed by atoms with van der Waals surface area (Å²) in [7, 11) is 0. The smallest absolute Gasteiger partial charge is 0.410 e. The molecule has 29 heavy (non-hydrogen) atoms. The van der Waals surface area contributed by atoms with Gasteiger partial charge in [0.25, 0.3) is 0 Å². The van der Waals surface area contributed by atoms with Crippen LogP contribution in [0.2, 0.25) is 5.15 Å². The Bertz CT molecular complexity index is 905. The minimum absolute atomic E-state index is 0.0624. The lowest BCUT2D eigenvalue weighted by Gasteiger charge is -2.28. The number of fused-ring (bicyclic) bond motifs is 1. The van der Waals surface area contributed by atoms with Crippen LogP contribution in [0.3, 0.4) is 0 Å². The molecule has 0 aliphatic carbocycles. The van der Waals surface area contributed by atoms with Crippen molar-refractivity contribution in [3.05, 3.63) is 29.2 Å². The molecule has 158 valence electrons. The van der Waals surface area contributed by atoms with Crippen molar-refractivity contribution in [1.82, 2.24) is 14.9 Å². The normalized spacial score (nSPS) is 17.6. The number of ether oxygens (including phenoxy) is 2. The van der Waals surface area contributed by atoms with Crippen LogP contribution in [0, 0.1) is 0 Å². The fraction of sp³-hybridized carbons (Fsp3) is 0.571. The highest BCUT2D eigenvalue weighted by Gasteiger charge is 2.33. The number of likely N-dealkylation sites (tertiary alicyclic amines) is 1. The van der Waals surface area contributed by atoms with Crippen molar-refractivity contribution in [1.29, 1.82) is 0 Å². The molecular formula is C21H29ClN4O3. The molecule has 2 aromatic heterocycles. The number of carbonyl (C=O) groups excluding carboxylic acids is 1. The van der Waals surface area contributed by atoms with Crippen molar-refractivity contribution in [2.45, 2.75) is 64.6 Å². The Morgan fingerprint density at radius 2 is 1.97 bits per heavy atom. The van der Waals surface area contributed by atoms with Gasteiger partial charge in [-0.25, -0.2) is 14.8 Å². The summed E-state index contributed by atoms with van der Waals surface area (Å²) in [5, 5.41) is 1.98. The summed E-state index contributed by atoms with van der Waals surface area (Å²) in [6.45, 7) is 10.4. The maximum Gasteiger partial charge on any atom is 0.410 e. The molecule has 1 unspecified atom stereocenters. The van der Waals surface area contributed by atoms with Gasteiger partial charge in [-0.15, -0.1) is 0 Å². The topological polar surface area (TPSA) is 90.6 Å². The second-order valence-electron chi connectivity index (χ2n) is 9.03. The first kappa shape index (κ1) is 21.6. The molecule has 1 saturated heterocycles. The minimum Gasteiger partial charge on any atom is -0.475 e. The summed E-state index contributed by atoms with van der Waals surface area (Å²) >= 11 is 6.11. The Labute approximate surface area is 176 Å². The molecule has 8 heteroatoms. The van der Waals surface area contributed by atoms with Crippen molar-refractivity contribution in [3.63, 3.8) is 0 Å². The number of amides is 1. The molecular weight excluding hydrogens is 392 g/mol. The number of halogens is 1. The van der Waals surface area contributed by atoms with E-state index in [4.69, 9.17) is 26.8 Å². The molecule has 3 heterocycles. The maximum atomic E-state index is 12.5. The quantitative estimate of drug-likeness (QED) is 0.743. The number of nitrogens with zero attached hydrogens (tertiary/aromatic N) is 3. The zero-order chi connectivity index (χ0) is 21.4.